The Hall–Kier alpha value is -3.20. The highest BCUT2D eigenvalue weighted by atomic mass is 32.2. The van der Waals surface area contributed by atoms with Crippen molar-refractivity contribution in [2.24, 2.45) is 0 Å². The molecule has 33 heavy (non-hydrogen) atoms. The minimum atomic E-state index is -0.240. The van der Waals surface area contributed by atoms with E-state index in [1.165, 1.54) is 31.0 Å². The minimum Gasteiger partial charge on any atom is -0.345 e. The van der Waals surface area contributed by atoms with Gasteiger partial charge in [0.15, 0.2) is 0 Å². The van der Waals surface area contributed by atoms with E-state index in [0.717, 1.165) is 18.4 Å². The monoisotopic (exact) mass is 464 g/mol. The lowest BCUT2D eigenvalue weighted by Gasteiger charge is -2.21. The molecule has 1 unspecified atom stereocenters. The molecule has 0 saturated heterocycles. The molecule has 1 atom stereocenters. The van der Waals surface area contributed by atoms with Crippen molar-refractivity contribution in [1.29, 1.82) is 0 Å². The van der Waals surface area contributed by atoms with E-state index in [1.807, 2.05) is 41.9 Å². The molecule has 0 aliphatic heterocycles. The molecule has 4 rings (SSSR count). The first-order chi connectivity index (χ1) is 16.1. The average Bonchev–Trinajstić information content (AvgIpc) is 3.33. The lowest BCUT2D eigenvalue weighted by Crippen LogP contribution is -2.28. The number of hydrogen-bond acceptors (Lipinski definition) is 6. The summed E-state index contributed by atoms with van der Waals surface area (Å²) < 4.78 is 1.85. The number of nitrogens with zero attached hydrogens (tertiary/aromatic N) is 4. The van der Waals surface area contributed by atoms with Crippen LogP contribution in [-0.2, 0) is 4.79 Å². The summed E-state index contributed by atoms with van der Waals surface area (Å²) in [6, 6.07) is 16.9. The standard InChI is InChI=1S/C24H28N6O2S/c1-17(18-10-4-2-5-11-18)25-23(32)20-14-8-9-15-21(20)26-22(31)16-33-24-27-28-29-30(24)19-12-6-3-7-13-19/h2,4-5,8-11,14-15,17,19H,3,6-7,12-13,16H2,1H3,(H,25,32)(H,26,31). The summed E-state index contributed by atoms with van der Waals surface area (Å²) in [7, 11) is 0. The Labute approximate surface area is 197 Å². The van der Waals surface area contributed by atoms with Gasteiger partial charge in [-0.2, -0.15) is 0 Å². The van der Waals surface area contributed by atoms with Crippen molar-refractivity contribution in [3.8, 4) is 0 Å². The lowest BCUT2D eigenvalue weighted by molar-refractivity contribution is -0.113. The van der Waals surface area contributed by atoms with Crippen molar-refractivity contribution in [3.63, 3.8) is 0 Å². The number of tetrazole rings is 1. The Balaban J connectivity index is 1.36. The van der Waals surface area contributed by atoms with Crippen LogP contribution in [0.25, 0.3) is 0 Å². The first kappa shape index (κ1) is 23.0. The van der Waals surface area contributed by atoms with Crippen LogP contribution in [0.3, 0.4) is 0 Å². The molecule has 0 bridgehead atoms. The molecule has 1 aliphatic carbocycles. The Kier molecular flexibility index (Phi) is 7.72. The highest BCUT2D eigenvalue weighted by Gasteiger charge is 2.21. The van der Waals surface area contributed by atoms with E-state index in [4.69, 9.17) is 0 Å². The fourth-order valence-corrected chi connectivity index (χ4v) is 4.79. The number of benzene rings is 2. The summed E-state index contributed by atoms with van der Waals surface area (Å²) in [6.07, 6.45) is 5.73. The number of para-hydroxylation sites is 1. The second-order valence-corrected chi connectivity index (χ2v) is 9.13. The number of amides is 2. The van der Waals surface area contributed by atoms with E-state index in [1.54, 1.807) is 24.3 Å². The zero-order chi connectivity index (χ0) is 23.0. The van der Waals surface area contributed by atoms with E-state index in [9.17, 15) is 9.59 Å². The molecule has 1 heterocycles. The predicted octanol–water partition coefficient (Wildman–Crippen LogP) is 4.40. The van der Waals surface area contributed by atoms with E-state index < -0.39 is 0 Å². The van der Waals surface area contributed by atoms with Crippen LogP contribution in [0.15, 0.2) is 59.8 Å². The number of rotatable bonds is 8. The van der Waals surface area contributed by atoms with Gasteiger partial charge in [0.25, 0.3) is 5.91 Å². The third-order valence-electron chi connectivity index (χ3n) is 5.81. The van der Waals surface area contributed by atoms with Gasteiger partial charge >= 0.3 is 0 Å². The smallest absolute Gasteiger partial charge is 0.253 e. The predicted molar refractivity (Wildman–Crippen MR) is 128 cm³/mol. The average molecular weight is 465 g/mol. The molecule has 2 aromatic carbocycles. The summed E-state index contributed by atoms with van der Waals surface area (Å²) in [5.74, 6) is -0.297. The maximum absolute atomic E-state index is 12.9. The van der Waals surface area contributed by atoms with Gasteiger partial charge in [-0.1, -0.05) is 73.5 Å². The van der Waals surface area contributed by atoms with E-state index in [0.29, 0.717) is 22.4 Å². The largest absolute Gasteiger partial charge is 0.345 e. The molecule has 3 aromatic rings. The molecule has 1 saturated carbocycles. The zero-order valence-electron chi connectivity index (χ0n) is 18.6. The van der Waals surface area contributed by atoms with Gasteiger partial charge in [0.2, 0.25) is 11.1 Å². The number of nitrogens with one attached hydrogen (secondary N) is 2. The van der Waals surface area contributed by atoms with Gasteiger partial charge < -0.3 is 10.6 Å². The molecule has 8 nitrogen and oxygen atoms in total. The molecule has 1 aromatic heterocycles. The Morgan fingerprint density at radius 1 is 1.06 bits per heavy atom. The van der Waals surface area contributed by atoms with Gasteiger partial charge in [0, 0.05) is 0 Å². The van der Waals surface area contributed by atoms with E-state index in [-0.39, 0.29) is 23.6 Å². The molecule has 2 N–H and O–H groups in total. The lowest BCUT2D eigenvalue weighted by atomic mass is 9.96. The topological polar surface area (TPSA) is 102 Å². The fraction of sp³-hybridized carbons (Fsp3) is 0.375. The summed E-state index contributed by atoms with van der Waals surface area (Å²) in [5, 5.41) is 18.6. The zero-order valence-corrected chi connectivity index (χ0v) is 19.4. The molecular formula is C24H28N6O2S. The molecular weight excluding hydrogens is 436 g/mol. The number of carbonyl (C=O) groups is 2. The molecule has 0 radical (unpaired) electrons. The summed E-state index contributed by atoms with van der Waals surface area (Å²) >= 11 is 1.31. The van der Waals surface area contributed by atoms with Crippen LogP contribution in [-0.4, -0.2) is 37.8 Å². The van der Waals surface area contributed by atoms with Crippen molar-refractivity contribution in [2.45, 2.75) is 56.3 Å². The van der Waals surface area contributed by atoms with Crippen LogP contribution in [0.4, 0.5) is 5.69 Å². The molecule has 172 valence electrons. The Bertz CT molecular complexity index is 1080. The maximum Gasteiger partial charge on any atom is 0.253 e. The second kappa shape index (κ2) is 11.1. The molecule has 0 spiro atoms. The summed E-state index contributed by atoms with van der Waals surface area (Å²) in [6.45, 7) is 1.93. The van der Waals surface area contributed by atoms with Crippen molar-refractivity contribution >= 4 is 29.3 Å². The second-order valence-electron chi connectivity index (χ2n) is 8.19. The van der Waals surface area contributed by atoms with Crippen LogP contribution >= 0.6 is 11.8 Å². The highest BCUT2D eigenvalue weighted by Crippen LogP contribution is 2.30. The van der Waals surface area contributed by atoms with Crippen LogP contribution in [0.5, 0.6) is 0 Å². The number of thioether (sulfide) groups is 1. The minimum absolute atomic E-state index is 0.156. The number of anilines is 1. The number of hydrogen-bond donors (Lipinski definition) is 2. The van der Waals surface area contributed by atoms with Crippen molar-refractivity contribution in [3.05, 3.63) is 65.7 Å². The van der Waals surface area contributed by atoms with Crippen LogP contribution in [0.1, 0.15) is 67.0 Å². The molecule has 1 fully saturated rings. The molecule has 9 heteroatoms. The number of aromatic nitrogens is 4. The first-order valence-corrected chi connectivity index (χ1v) is 12.3. The third-order valence-corrected chi connectivity index (χ3v) is 6.74. The van der Waals surface area contributed by atoms with Crippen LogP contribution in [0.2, 0.25) is 0 Å². The van der Waals surface area contributed by atoms with Gasteiger partial charge in [-0.3, -0.25) is 9.59 Å². The SMILES string of the molecule is CC(NC(=O)c1ccccc1NC(=O)CSc1nnnn1C1CCCCC1)c1ccccc1. The van der Waals surface area contributed by atoms with Gasteiger partial charge in [-0.25, -0.2) is 4.68 Å². The summed E-state index contributed by atoms with van der Waals surface area (Å²) in [5.41, 5.74) is 1.91. The number of carbonyl (C=O) groups excluding carboxylic acids is 2. The highest BCUT2D eigenvalue weighted by molar-refractivity contribution is 7.99. The molecule has 1 aliphatic rings. The van der Waals surface area contributed by atoms with Crippen LogP contribution in [0, 0.1) is 0 Å². The van der Waals surface area contributed by atoms with Gasteiger partial charge in [-0.05, 0) is 47.9 Å². The Morgan fingerprint density at radius 2 is 1.79 bits per heavy atom. The first-order valence-electron chi connectivity index (χ1n) is 11.3. The Morgan fingerprint density at radius 3 is 2.58 bits per heavy atom. The van der Waals surface area contributed by atoms with E-state index in [2.05, 4.69) is 26.2 Å². The van der Waals surface area contributed by atoms with E-state index >= 15 is 0 Å². The summed E-state index contributed by atoms with van der Waals surface area (Å²) in [4.78, 5) is 25.6. The van der Waals surface area contributed by atoms with Gasteiger partial charge in [-0.15, -0.1) is 5.10 Å². The van der Waals surface area contributed by atoms with Crippen molar-refractivity contribution in [2.75, 3.05) is 11.1 Å². The fourth-order valence-electron chi connectivity index (χ4n) is 4.04. The van der Waals surface area contributed by atoms with Crippen molar-refractivity contribution < 1.29 is 9.59 Å². The normalized spacial score (nSPS) is 15.1. The van der Waals surface area contributed by atoms with Crippen molar-refractivity contribution in [1.82, 2.24) is 25.5 Å². The van der Waals surface area contributed by atoms with Gasteiger partial charge in [0.1, 0.15) is 0 Å². The third kappa shape index (κ3) is 5.98. The van der Waals surface area contributed by atoms with Crippen LogP contribution < -0.4 is 10.6 Å². The quantitative estimate of drug-likeness (QED) is 0.479. The van der Waals surface area contributed by atoms with Gasteiger partial charge in [0.05, 0.1) is 29.1 Å². The maximum atomic E-state index is 12.9. The molecule has 2 amide bonds.